The lowest BCUT2D eigenvalue weighted by Gasteiger charge is -2.14. The van der Waals surface area contributed by atoms with Crippen LogP contribution in [0, 0.1) is 0 Å². The van der Waals surface area contributed by atoms with E-state index in [4.69, 9.17) is 19.7 Å². The SMILES string of the molecule is O=C(/C=C/c1cn([C@H]2CC(O)[C@@H](CO)O2)c(=O)[nH]c1=O)NCCCc1nc2c(c(=O)[nH]1)N=CC2.O=C(O)/C=C/c1cn([C@H]2CC(O)[C@@H](CO)O2)c(=O)[nH]c1=O. The Morgan fingerprint density at radius 1 is 0.836 bits per heavy atom. The second-order valence-electron chi connectivity index (χ2n) is 12.5. The lowest BCUT2D eigenvalue weighted by Crippen LogP contribution is -2.33. The molecule has 0 radical (unpaired) electrons. The van der Waals surface area contributed by atoms with Crippen molar-refractivity contribution >= 4 is 35.9 Å². The van der Waals surface area contributed by atoms with Crippen LogP contribution < -0.4 is 33.4 Å². The third-order valence-electron chi connectivity index (χ3n) is 8.61. The van der Waals surface area contributed by atoms with Gasteiger partial charge in [0.15, 0.2) is 0 Å². The van der Waals surface area contributed by atoms with E-state index < -0.39 is 84.5 Å². The average Bonchev–Trinajstić information content (AvgIpc) is 3.87. The van der Waals surface area contributed by atoms with Crippen molar-refractivity contribution in [2.75, 3.05) is 19.8 Å². The van der Waals surface area contributed by atoms with Gasteiger partial charge in [0.1, 0.15) is 36.2 Å². The highest BCUT2D eigenvalue weighted by Gasteiger charge is 2.36. The van der Waals surface area contributed by atoms with Crippen molar-refractivity contribution in [1.29, 1.82) is 0 Å². The molecule has 6 atom stereocenters. The average molecular weight is 771 g/mol. The number of aliphatic imine (C=N–C) groups is 1. The number of carbonyl (C=O) groups is 2. The number of fused-ring (bicyclic) bond motifs is 1. The first-order valence-corrected chi connectivity index (χ1v) is 16.9. The fourth-order valence-corrected chi connectivity index (χ4v) is 5.80. The number of aliphatic carboxylic acids is 1. The highest BCUT2D eigenvalue weighted by molar-refractivity contribution is 5.91. The fourth-order valence-electron chi connectivity index (χ4n) is 5.80. The Labute approximate surface area is 307 Å². The summed E-state index contributed by atoms with van der Waals surface area (Å²) in [5, 5.41) is 49.0. The van der Waals surface area contributed by atoms with Crippen molar-refractivity contribution in [1.82, 2.24) is 34.4 Å². The van der Waals surface area contributed by atoms with Crippen molar-refractivity contribution in [2.45, 2.75) is 69.0 Å². The number of ether oxygens (including phenoxy) is 2. The smallest absolute Gasteiger partial charge is 0.330 e. The molecule has 22 nitrogen and oxygen atoms in total. The zero-order valence-corrected chi connectivity index (χ0v) is 28.9. The van der Waals surface area contributed by atoms with Crippen LogP contribution in [-0.2, 0) is 31.9 Å². The van der Waals surface area contributed by atoms with Crippen LogP contribution >= 0.6 is 0 Å². The number of carboxylic acid groups (broad SMARTS) is 1. The quantitative estimate of drug-likeness (QED) is 0.0639. The van der Waals surface area contributed by atoms with E-state index in [-0.39, 0.29) is 29.5 Å². The maximum Gasteiger partial charge on any atom is 0.330 e. The normalized spacial score (nSPS) is 22.9. The van der Waals surface area contributed by atoms with Gasteiger partial charge in [0.2, 0.25) is 5.91 Å². The summed E-state index contributed by atoms with van der Waals surface area (Å²) in [4.78, 5) is 97.3. The first-order chi connectivity index (χ1) is 26.3. The number of hydrogen-bond acceptors (Lipinski definition) is 15. The number of amides is 1. The molecule has 0 saturated carbocycles. The molecule has 3 aliphatic heterocycles. The number of carbonyl (C=O) groups excluding carboxylic acids is 1. The van der Waals surface area contributed by atoms with Gasteiger partial charge < -0.3 is 45.3 Å². The van der Waals surface area contributed by atoms with Crippen LogP contribution in [0.5, 0.6) is 0 Å². The van der Waals surface area contributed by atoms with Gasteiger partial charge in [-0.2, -0.15) is 0 Å². The van der Waals surface area contributed by atoms with Crippen LogP contribution in [0.4, 0.5) is 5.69 Å². The largest absolute Gasteiger partial charge is 0.478 e. The summed E-state index contributed by atoms with van der Waals surface area (Å²) in [6, 6.07) is 0. The molecule has 0 bridgehead atoms. The van der Waals surface area contributed by atoms with Gasteiger partial charge in [-0.15, -0.1) is 0 Å². The van der Waals surface area contributed by atoms with E-state index in [2.05, 4.69) is 25.3 Å². The monoisotopic (exact) mass is 770 g/mol. The molecule has 1 amide bonds. The minimum Gasteiger partial charge on any atom is -0.478 e. The molecule has 3 aromatic heterocycles. The fraction of sp³-hybridized carbons (Fsp3) is 0.424. The Morgan fingerprint density at radius 2 is 1.38 bits per heavy atom. The molecular weight excluding hydrogens is 732 g/mol. The van der Waals surface area contributed by atoms with Crippen LogP contribution in [0.3, 0.4) is 0 Å². The summed E-state index contributed by atoms with van der Waals surface area (Å²) in [6.45, 7) is -0.496. The van der Waals surface area contributed by atoms with Gasteiger partial charge in [0.25, 0.3) is 16.7 Å². The molecule has 3 aromatic rings. The maximum absolute atomic E-state index is 12.1. The van der Waals surface area contributed by atoms with E-state index in [1.165, 1.54) is 12.3 Å². The van der Waals surface area contributed by atoms with Crippen molar-refractivity contribution in [2.24, 2.45) is 4.99 Å². The first-order valence-electron chi connectivity index (χ1n) is 16.9. The second kappa shape index (κ2) is 17.9. The maximum atomic E-state index is 12.1. The van der Waals surface area contributed by atoms with Gasteiger partial charge in [-0.1, -0.05) is 0 Å². The summed E-state index contributed by atoms with van der Waals surface area (Å²) >= 11 is 0. The van der Waals surface area contributed by atoms with Crippen LogP contribution in [0.25, 0.3) is 12.2 Å². The minimum absolute atomic E-state index is 0.0393. The third kappa shape index (κ3) is 10.00. The van der Waals surface area contributed by atoms with Gasteiger partial charge in [0.05, 0.1) is 42.2 Å². The lowest BCUT2D eigenvalue weighted by atomic mass is 10.2. The Hall–Kier alpha value is -5.91. The molecule has 2 fully saturated rings. The summed E-state index contributed by atoms with van der Waals surface area (Å²) in [7, 11) is 0. The van der Waals surface area contributed by atoms with Gasteiger partial charge in [-0.05, 0) is 18.6 Å². The van der Waals surface area contributed by atoms with Gasteiger partial charge in [-0.3, -0.25) is 43.3 Å². The third-order valence-corrected chi connectivity index (χ3v) is 8.61. The zero-order chi connectivity index (χ0) is 39.8. The van der Waals surface area contributed by atoms with E-state index in [1.54, 1.807) is 6.21 Å². The van der Waals surface area contributed by atoms with Crippen LogP contribution in [0.15, 0.2) is 53.5 Å². The summed E-state index contributed by atoms with van der Waals surface area (Å²) in [5.74, 6) is -1.16. The molecule has 0 spiro atoms. The molecule has 22 heteroatoms. The number of aliphatic hydroxyl groups excluding tert-OH is 4. The van der Waals surface area contributed by atoms with Crippen LogP contribution in [-0.4, -0.2) is 117 Å². The number of aryl methyl sites for hydroxylation is 1. The summed E-state index contributed by atoms with van der Waals surface area (Å²) in [6.07, 6.45) is 4.68. The molecular formula is C33H38N8O14. The zero-order valence-electron chi connectivity index (χ0n) is 28.9. The Bertz CT molecular complexity index is 2290. The molecule has 55 heavy (non-hydrogen) atoms. The van der Waals surface area contributed by atoms with E-state index in [0.717, 1.165) is 33.6 Å². The highest BCUT2D eigenvalue weighted by Crippen LogP contribution is 2.28. The van der Waals surface area contributed by atoms with Crippen molar-refractivity contribution in [3.8, 4) is 0 Å². The number of rotatable bonds is 12. The molecule has 9 N–H and O–H groups in total. The minimum atomic E-state index is -1.24. The second-order valence-corrected chi connectivity index (χ2v) is 12.5. The molecule has 294 valence electrons. The Balaban J connectivity index is 0.000000237. The highest BCUT2D eigenvalue weighted by atomic mass is 16.5. The van der Waals surface area contributed by atoms with E-state index in [1.807, 2.05) is 4.98 Å². The van der Waals surface area contributed by atoms with Crippen molar-refractivity contribution in [3.63, 3.8) is 0 Å². The molecule has 0 aromatic carbocycles. The lowest BCUT2D eigenvalue weighted by molar-refractivity contribution is -0.131. The number of H-pyrrole nitrogens is 3. The van der Waals surface area contributed by atoms with E-state index in [0.29, 0.717) is 43.0 Å². The predicted molar refractivity (Wildman–Crippen MR) is 190 cm³/mol. The number of carboxylic acids is 1. The molecule has 2 saturated heterocycles. The Kier molecular flexibility index (Phi) is 13.1. The topological polar surface area (TPSA) is 334 Å². The van der Waals surface area contributed by atoms with Crippen LogP contribution in [0.1, 0.15) is 54.4 Å². The van der Waals surface area contributed by atoms with Crippen molar-refractivity contribution in [3.05, 3.63) is 99.2 Å². The number of nitrogens with one attached hydrogen (secondary N) is 4. The van der Waals surface area contributed by atoms with E-state index in [9.17, 15) is 48.9 Å². The molecule has 3 aliphatic rings. The number of aromatic amines is 3. The predicted octanol–water partition coefficient (Wildman–Crippen LogP) is -3.44. The standard InChI is InChI=1S/C21H24N6O7.C12H14N2O7/c28-10-14-13(29)8-17(34-14)27-9-11(19(31)26-21(27)33)3-4-16(30)22-6-1-2-15-24-12-5-7-23-18(12)20(32)25-15;15-5-8-7(16)3-9(21-8)14-4-6(1-2-10(17)18)11(19)13-12(14)20/h3-4,7,9,13-14,17,28-29H,1-2,5-6,8,10H2,(H,22,30)(H,24,25,32)(H,26,31,33);1-2,4,7-9,15-16H,3,5H2,(H,17,18)(H,13,19,20)/b4-3+;2-1+/t13?,14-,17-;7?,8-,9-/m11/s1. The number of aliphatic hydroxyl groups is 4. The molecule has 6 heterocycles. The summed E-state index contributed by atoms with van der Waals surface area (Å²) in [5.41, 5.74) is -2.18. The van der Waals surface area contributed by atoms with Crippen LogP contribution in [0.2, 0.25) is 0 Å². The first kappa shape index (κ1) is 40.3. The van der Waals surface area contributed by atoms with Crippen molar-refractivity contribution < 1.29 is 44.6 Å². The summed E-state index contributed by atoms with van der Waals surface area (Å²) < 4.78 is 12.9. The molecule has 6 rings (SSSR count). The van der Waals surface area contributed by atoms with Gasteiger partial charge >= 0.3 is 17.3 Å². The van der Waals surface area contributed by atoms with E-state index >= 15 is 0 Å². The van der Waals surface area contributed by atoms with Gasteiger partial charge in [-0.25, -0.2) is 19.4 Å². The molecule has 2 unspecified atom stereocenters. The number of nitrogens with zero attached hydrogens (tertiary/aromatic N) is 4. The number of aromatic nitrogens is 6. The number of hydrogen-bond donors (Lipinski definition) is 9. The Morgan fingerprint density at radius 3 is 1.89 bits per heavy atom. The molecule has 0 aliphatic carbocycles. The van der Waals surface area contributed by atoms with Gasteiger partial charge in [0, 0.05) is 63.0 Å².